The maximum Gasteiger partial charge on any atom is 0.255 e. The Morgan fingerprint density at radius 1 is 1.40 bits per heavy atom. The Morgan fingerprint density at radius 3 is 3.07 bits per heavy atom. The fourth-order valence-electron chi connectivity index (χ4n) is 2.28. The van der Waals surface area contributed by atoms with Gasteiger partial charge in [0.1, 0.15) is 5.76 Å². The second kappa shape index (κ2) is 2.86. The summed E-state index contributed by atoms with van der Waals surface area (Å²) in [7, 11) is 0. The van der Waals surface area contributed by atoms with Crippen molar-refractivity contribution in [2.24, 2.45) is 0 Å². The second-order valence-corrected chi connectivity index (χ2v) is 3.87. The minimum absolute atomic E-state index is 0.0197. The molecule has 2 heterocycles. The Kier molecular flexibility index (Phi) is 1.63. The number of benzene rings is 1. The second-order valence-electron chi connectivity index (χ2n) is 3.87. The van der Waals surface area contributed by atoms with E-state index >= 15 is 0 Å². The molecule has 3 rings (SSSR count). The summed E-state index contributed by atoms with van der Waals surface area (Å²) in [6.45, 7) is 2.44. The fraction of sp³-hybridized carbons (Fsp3) is 0.250. The standard InChI is InChI=1S/C12H11NO2/c1-7-11-9(6-15-7)8-4-2-3-5-10(8)13-12(11)14/h2-5,9H,6H2,1H3,(H,13,14). The lowest BCUT2D eigenvalue weighted by atomic mass is 9.87. The maximum absolute atomic E-state index is 11.8. The number of nitrogens with one attached hydrogen (secondary N) is 1. The third-order valence-electron chi connectivity index (χ3n) is 3.02. The highest BCUT2D eigenvalue weighted by atomic mass is 16.5. The Balaban J connectivity index is 2.20. The molecule has 1 unspecified atom stereocenters. The number of fused-ring (bicyclic) bond motifs is 3. The number of hydrogen-bond donors (Lipinski definition) is 1. The van der Waals surface area contributed by atoms with Crippen molar-refractivity contribution in [3.8, 4) is 0 Å². The van der Waals surface area contributed by atoms with E-state index in [0.29, 0.717) is 6.61 Å². The molecule has 0 fully saturated rings. The molecule has 3 nitrogen and oxygen atoms in total. The van der Waals surface area contributed by atoms with E-state index in [0.717, 1.165) is 22.6 Å². The SMILES string of the molecule is CC1=C2C(=O)Nc3ccccc3C2CO1. The zero-order valence-corrected chi connectivity index (χ0v) is 8.41. The van der Waals surface area contributed by atoms with Gasteiger partial charge >= 0.3 is 0 Å². The summed E-state index contributed by atoms with van der Waals surface area (Å²) in [5.74, 6) is 0.857. The lowest BCUT2D eigenvalue weighted by Crippen LogP contribution is -2.25. The van der Waals surface area contributed by atoms with Crippen LogP contribution < -0.4 is 5.32 Å². The lowest BCUT2D eigenvalue weighted by molar-refractivity contribution is -0.113. The van der Waals surface area contributed by atoms with E-state index in [1.165, 1.54) is 0 Å². The van der Waals surface area contributed by atoms with Crippen molar-refractivity contribution in [3.05, 3.63) is 41.2 Å². The van der Waals surface area contributed by atoms with E-state index in [9.17, 15) is 4.79 Å². The third kappa shape index (κ3) is 1.09. The van der Waals surface area contributed by atoms with E-state index in [1.54, 1.807) is 0 Å². The van der Waals surface area contributed by atoms with E-state index in [4.69, 9.17) is 4.74 Å². The molecule has 0 saturated carbocycles. The molecule has 1 aromatic carbocycles. The fourth-order valence-corrected chi connectivity index (χ4v) is 2.28. The van der Waals surface area contributed by atoms with Gasteiger partial charge in [-0.25, -0.2) is 0 Å². The van der Waals surface area contributed by atoms with Crippen LogP contribution in [0.4, 0.5) is 5.69 Å². The number of hydrogen-bond acceptors (Lipinski definition) is 2. The molecular weight excluding hydrogens is 190 g/mol. The number of carbonyl (C=O) groups excluding carboxylic acids is 1. The van der Waals surface area contributed by atoms with Gasteiger partial charge in [-0.05, 0) is 18.6 Å². The summed E-state index contributed by atoms with van der Waals surface area (Å²) in [5, 5.41) is 2.88. The van der Waals surface area contributed by atoms with Gasteiger partial charge in [-0.3, -0.25) is 4.79 Å². The summed E-state index contributed by atoms with van der Waals surface area (Å²) < 4.78 is 5.45. The van der Waals surface area contributed by atoms with Crippen LogP contribution in [-0.4, -0.2) is 12.5 Å². The monoisotopic (exact) mass is 201 g/mol. The Morgan fingerprint density at radius 2 is 2.20 bits per heavy atom. The number of rotatable bonds is 0. The van der Waals surface area contributed by atoms with Crippen molar-refractivity contribution in [2.75, 3.05) is 11.9 Å². The zero-order chi connectivity index (χ0) is 10.4. The van der Waals surface area contributed by atoms with Crippen LogP contribution in [0.5, 0.6) is 0 Å². The molecule has 1 atom stereocenters. The van der Waals surface area contributed by atoms with E-state index in [-0.39, 0.29) is 11.8 Å². The van der Waals surface area contributed by atoms with Crippen LogP contribution in [-0.2, 0) is 9.53 Å². The molecule has 0 bridgehead atoms. The number of para-hydroxylation sites is 1. The number of allylic oxidation sites excluding steroid dienone is 1. The molecule has 0 aliphatic carbocycles. The molecule has 1 amide bonds. The first kappa shape index (κ1) is 8.53. The average molecular weight is 201 g/mol. The first-order chi connectivity index (χ1) is 7.27. The topological polar surface area (TPSA) is 38.3 Å². The summed E-state index contributed by atoms with van der Waals surface area (Å²) >= 11 is 0. The first-order valence-corrected chi connectivity index (χ1v) is 5.01. The molecule has 76 valence electrons. The molecule has 3 heteroatoms. The average Bonchev–Trinajstić information content (AvgIpc) is 2.62. The van der Waals surface area contributed by atoms with E-state index < -0.39 is 0 Å². The Hall–Kier alpha value is -1.77. The molecule has 1 aromatic rings. The summed E-state index contributed by atoms with van der Waals surface area (Å²) in [5.41, 5.74) is 2.85. The largest absolute Gasteiger partial charge is 0.497 e. The molecule has 1 N–H and O–H groups in total. The summed E-state index contributed by atoms with van der Waals surface area (Å²) in [4.78, 5) is 11.8. The molecule has 2 aliphatic rings. The molecule has 0 radical (unpaired) electrons. The van der Waals surface area contributed by atoms with Crippen LogP contribution in [0.15, 0.2) is 35.6 Å². The van der Waals surface area contributed by atoms with Gasteiger partial charge in [-0.1, -0.05) is 18.2 Å². The number of carbonyl (C=O) groups is 1. The van der Waals surface area contributed by atoms with Gasteiger partial charge in [0.2, 0.25) is 0 Å². The number of amides is 1. The summed E-state index contributed by atoms with van der Waals surface area (Å²) in [6.07, 6.45) is 0. The van der Waals surface area contributed by atoms with Gasteiger partial charge in [0.15, 0.2) is 0 Å². The van der Waals surface area contributed by atoms with Gasteiger partial charge in [-0.2, -0.15) is 0 Å². The number of anilines is 1. The lowest BCUT2D eigenvalue weighted by Gasteiger charge is -2.22. The van der Waals surface area contributed by atoms with E-state index in [1.807, 2.05) is 31.2 Å². The van der Waals surface area contributed by atoms with Crippen LogP contribution >= 0.6 is 0 Å². The smallest absolute Gasteiger partial charge is 0.255 e. The van der Waals surface area contributed by atoms with Gasteiger partial charge in [0, 0.05) is 5.69 Å². The quantitative estimate of drug-likeness (QED) is 0.697. The molecule has 0 saturated heterocycles. The first-order valence-electron chi connectivity index (χ1n) is 5.01. The highest BCUT2D eigenvalue weighted by molar-refractivity contribution is 6.08. The van der Waals surface area contributed by atoms with Crippen LogP contribution in [0, 0.1) is 0 Å². The van der Waals surface area contributed by atoms with Crippen molar-refractivity contribution >= 4 is 11.6 Å². The predicted molar refractivity (Wildman–Crippen MR) is 56.5 cm³/mol. The van der Waals surface area contributed by atoms with Gasteiger partial charge in [0.25, 0.3) is 5.91 Å². The maximum atomic E-state index is 11.8. The highest BCUT2D eigenvalue weighted by Gasteiger charge is 2.36. The zero-order valence-electron chi connectivity index (χ0n) is 8.41. The minimum atomic E-state index is -0.0197. The van der Waals surface area contributed by atoms with Gasteiger partial charge in [0.05, 0.1) is 18.1 Å². The molecular formula is C12H11NO2. The minimum Gasteiger partial charge on any atom is -0.497 e. The number of ether oxygens (including phenoxy) is 1. The van der Waals surface area contributed by atoms with Crippen molar-refractivity contribution in [1.29, 1.82) is 0 Å². The van der Waals surface area contributed by atoms with E-state index in [2.05, 4.69) is 5.32 Å². The molecule has 2 aliphatic heterocycles. The molecule has 0 aromatic heterocycles. The van der Waals surface area contributed by atoms with Crippen molar-refractivity contribution < 1.29 is 9.53 Å². The van der Waals surface area contributed by atoms with Crippen molar-refractivity contribution in [1.82, 2.24) is 0 Å². The van der Waals surface area contributed by atoms with Crippen molar-refractivity contribution in [2.45, 2.75) is 12.8 Å². The van der Waals surface area contributed by atoms with Crippen LogP contribution in [0.25, 0.3) is 0 Å². The van der Waals surface area contributed by atoms with Gasteiger partial charge in [-0.15, -0.1) is 0 Å². The predicted octanol–water partition coefficient (Wildman–Crippen LogP) is 2.03. The Labute approximate surface area is 87.7 Å². The molecule has 0 spiro atoms. The highest BCUT2D eigenvalue weighted by Crippen LogP contribution is 2.41. The Bertz CT molecular complexity index is 476. The van der Waals surface area contributed by atoms with Crippen LogP contribution in [0.2, 0.25) is 0 Å². The van der Waals surface area contributed by atoms with Crippen molar-refractivity contribution in [3.63, 3.8) is 0 Å². The van der Waals surface area contributed by atoms with Gasteiger partial charge < -0.3 is 10.1 Å². The normalized spacial score (nSPS) is 23.0. The molecule has 15 heavy (non-hydrogen) atoms. The summed E-state index contributed by atoms with van der Waals surface area (Å²) in [6, 6.07) is 7.89. The van der Waals surface area contributed by atoms with Crippen LogP contribution in [0.1, 0.15) is 18.4 Å². The van der Waals surface area contributed by atoms with Crippen LogP contribution in [0.3, 0.4) is 0 Å². The third-order valence-corrected chi connectivity index (χ3v) is 3.02.